The maximum atomic E-state index is 11.3. The lowest BCUT2D eigenvalue weighted by molar-refractivity contribution is -0.137. The van der Waals surface area contributed by atoms with Gasteiger partial charge in [-0.05, 0) is 61.0 Å². The van der Waals surface area contributed by atoms with E-state index in [2.05, 4.69) is 34.1 Å². The smallest absolute Gasteiger partial charge is 0.303 e. The molecule has 4 heteroatoms. The number of benzene rings is 1. The molecule has 24 heavy (non-hydrogen) atoms. The van der Waals surface area contributed by atoms with Crippen LogP contribution in [0.5, 0.6) is 0 Å². The Bertz CT molecular complexity index is 637. The molecule has 4 nitrogen and oxygen atoms in total. The molecule has 1 unspecified atom stereocenters. The van der Waals surface area contributed by atoms with E-state index in [0.29, 0.717) is 5.92 Å². The van der Waals surface area contributed by atoms with Gasteiger partial charge in [-0.1, -0.05) is 30.3 Å². The molecule has 1 fully saturated rings. The fourth-order valence-electron chi connectivity index (χ4n) is 3.70. The van der Waals surface area contributed by atoms with E-state index in [-0.39, 0.29) is 12.3 Å². The van der Waals surface area contributed by atoms with Crippen LogP contribution in [0.3, 0.4) is 0 Å². The number of piperidine rings is 1. The third-order valence-corrected chi connectivity index (χ3v) is 4.98. The van der Waals surface area contributed by atoms with Crippen LogP contribution in [-0.4, -0.2) is 34.0 Å². The van der Waals surface area contributed by atoms with Crippen LogP contribution < -0.4 is 0 Å². The molecule has 1 N–H and O–H groups in total. The van der Waals surface area contributed by atoms with Gasteiger partial charge in [0.05, 0.1) is 6.42 Å². The molecule has 0 radical (unpaired) electrons. The van der Waals surface area contributed by atoms with Crippen molar-refractivity contribution in [3.05, 3.63) is 66.0 Å². The van der Waals surface area contributed by atoms with Crippen molar-refractivity contribution in [3.63, 3.8) is 0 Å². The number of nitrogens with zero attached hydrogens (tertiary/aromatic N) is 2. The number of carboxylic acid groups (broad SMARTS) is 1. The number of rotatable bonds is 6. The van der Waals surface area contributed by atoms with E-state index in [1.807, 2.05) is 30.6 Å². The number of hydrogen-bond acceptors (Lipinski definition) is 3. The molecule has 2 aromatic rings. The Labute approximate surface area is 143 Å². The van der Waals surface area contributed by atoms with E-state index >= 15 is 0 Å². The van der Waals surface area contributed by atoms with Crippen molar-refractivity contribution in [2.45, 2.75) is 31.7 Å². The largest absolute Gasteiger partial charge is 0.481 e. The lowest BCUT2D eigenvalue weighted by Gasteiger charge is -2.36. The second kappa shape index (κ2) is 8.06. The average Bonchev–Trinajstić information content (AvgIpc) is 2.62. The van der Waals surface area contributed by atoms with Crippen LogP contribution in [0.4, 0.5) is 0 Å². The summed E-state index contributed by atoms with van der Waals surface area (Å²) in [6.45, 7) is 3.00. The summed E-state index contributed by atoms with van der Waals surface area (Å²) < 4.78 is 0. The molecular formula is C20H24N2O2. The summed E-state index contributed by atoms with van der Waals surface area (Å²) >= 11 is 0. The molecule has 0 saturated carbocycles. The Hall–Kier alpha value is -2.20. The van der Waals surface area contributed by atoms with Gasteiger partial charge in [0, 0.05) is 18.9 Å². The minimum Gasteiger partial charge on any atom is -0.481 e. The monoisotopic (exact) mass is 324 g/mol. The number of likely N-dealkylation sites (tertiary alicyclic amines) is 1. The normalized spacial score (nSPS) is 17.5. The maximum Gasteiger partial charge on any atom is 0.303 e. The fraction of sp³-hybridized carbons (Fsp3) is 0.400. The van der Waals surface area contributed by atoms with E-state index in [1.165, 1.54) is 5.56 Å². The topological polar surface area (TPSA) is 53.4 Å². The molecule has 3 rings (SSSR count). The quantitative estimate of drug-likeness (QED) is 0.883. The van der Waals surface area contributed by atoms with Crippen LogP contribution >= 0.6 is 0 Å². The summed E-state index contributed by atoms with van der Waals surface area (Å²) in [6.07, 6.45) is 6.00. The SMILES string of the molecule is O=C(O)CC(c1ccccc1)C1CCN(Cc2ccncc2)CC1. The summed E-state index contributed by atoms with van der Waals surface area (Å²) in [5.41, 5.74) is 2.45. The Balaban J connectivity index is 1.62. The highest BCUT2D eigenvalue weighted by Gasteiger charge is 2.29. The molecule has 1 aliphatic rings. The van der Waals surface area contributed by atoms with Gasteiger partial charge in [-0.25, -0.2) is 0 Å². The Morgan fingerprint density at radius 2 is 1.79 bits per heavy atom. The lowest BCUT2D eigenvalue weighted by atomic mass is 9.78. The zero-order valence-electron chi connectivity index (χ0n) is 13.8. The minimum absolute atomic E-state index is 0.117. The van der Waals surface area contributed by atoms with E-state index in [4.69, 9.17) is 0 Å². The van der Waals surface area contributed by atoms with Gasteiger partial charge in [0.1, 0.15) is 0 Å². The number of aromatic nitrogens is 1. The van der Waals surface area contributed by atoms with Gasteiger partial charge >= 0.3 is 5.97 Å². The van der Waals surface area contributed by atoms with Gasteiger partial charge in [-0.2, -0.15) is 0 Å². The number of carbonyl (C=O) groups is 1. The van der Waals surface area contributed by atoms with Crippen molar-refractivity contribution in [2.24, 2.45) is 5.92 Å². The van der Waals surface area contributed by atoms with Gasteiger partial charge < -0.3 is 5.11 Å². The van der Waals surface area contributed by atoms with Crippen molar-refractivity contribution < 1.29 is 9.90 Å². The van der Waals surface area contributed by atoms with Crippen molar-refractivity contribution in [1.82, 2.24) is 9.88 Å². The molecule has 1 aromatic heterocycles. The summed E-state index contributed by atoms with van der Waals surface area (Å²) in [4.78, 5) is 17.8. The van der Waals surface area contributed by atoms with Crippen molar-refractivity contribution in [1.29, 1.82) is 0 Å². The van der Waals surface area contributed by atoms with Crippen molar-refractivity contribution >= 4 is 5.97 Å². The summed E-state index contributed by atoms with van der Waals surface area (Å²) in [7, 11) is 0. The molecule has 0 spiro atoms. The van der Waals surface area contributed by atoms with E-state index in [9.17, 15) is 9.90 Å². The van der Waals surface area contributed by atoms with Gasteiger partial charge in [-0.3, -0.25) is 14.7 Å². The maximum absolute atomic E-state index is 11.3. The molecule has 1 saturated heterocycles. The van der Waals surface area contributed by atoms with Gasteiger partial charge in [-0.15, -0.1) is 0 Å². The highest BCUT2D eigenvalue weighted by atomic mass is 16.4. The number of aliphatic carboxylic acids is 1. The lowest BCUT2D eigenvalue weighted by Crippen LogP contribution is -2.35. The first-order valence-corrected chi connectivity index (χ1v) is 8.60. The average molecular weight is 324 g/mol. The Morgan fingerprint density at radius 3 is 2.42 bits per heavy atom. The zero-order valence-corrected chi connectivity index (χ0v) is 13.8. The van der Waals surface area contributed by atoms with E-state index < -0.39 is 5.97 Å². The van der Waals surface area contributed by atoms with Gasteiger partial charge in [0.25, 0.3) is 0 Å². The summed E-state index contributed by atoms with van der Waals surface area (Å²) in [6, 6.07) is 14.2. The van der Waals surface area contributed by atoms with Gasteiger partial charge in [0.2, 0.25) is 0 Å². The second-order valence-electron chi connectivity index (χ2n) is 6.58. The molecular weight excluding hydrogens is 300 g/mol. The molecule has 0 amide bonds. The number of carboxylic acids is 1. The van der Waals surface area contributed by atoms with Crippen LogP contribution in [0.25, 0.3) is 0 Å². The van der Waals surface area contributed by atoms with E-state index in [0.717, 1.165) is 38.0 Å². The molecule has 126 valence electrons. The van der Waals surface area contributed by atoms with Crippen LogP contribution in [0.2, 0.25) is 0 Å². The molecule has 1 aliphatic heterocycles. The van der Waals surface area contributed by atoms with E-state index in [1.54, 1.807) is 0 Å². The molecule has 0 aliphatic carbocycles. The third-order valence-electron chi connectivity index (χ3n) is 4.98. The standard InChI is InChI=1S/C20H24N2O2/c23-20(24)14-19(17-4-2-1-3-5-17)18-8-12-22(13-9-18)15-16-6-10-21-11-7-16/h1-7,10-11,18-19H,8-9,12-15H2,(H,23,24). The zero-order chi connectivity index (χ0) is 16.8. The predicted molar refractivity (Wildman–Crippen MR) is 93.7 cm³/mol. The first-order chi connectivity index (χ1) is 11.7. The third kappa shape index (κ3) is 4.42. The minimum atomic E-state index is -0.705. The number of hydrogen-bond donors (Lipinski definition) is 1. The molecule has 2 heterocycles. The molecule has 1 atom stereocenters. The van der Waals surface area contributed by atoms with Crippen LogP contribution in [-0.2, 0) is 11.3 Å². The Kier molecular flexibility index (Phi) is 5.59. The summed E-state index contributed by atoms with van der Waals surface area (Å²) in [5.74, 6) is -0.146. The van der Waals surface area contributed by atoms with Crippen LogP contribution in [0.1, 0.15) is 36.3 Å². The molecule has 0 bridgehead atoms. The van der Waals surface area contributed by atoms with Gasteiger partial charge in [0.15, 0.2) is 0 Å². The molecule has 1 aromatic carbocycles. The Morgan fingerprint density at radius 1 is 1.12 bits per heavy atom. The fourth-order valence-corrected chi connectivity index (χ4v) is 3.70. The predicted octanol–water partition coefficient (Wildman–Crippen LogP) is 3.55. The van der Waals surface area contributed by atoms with Crippen molar-refractivity contribution in [3.8, 4) is 0 Å². The first kappa shape index (κ1) is 16.7. The highest BCUT2D eigenvalue weighted by Crippen LogP contribution is 2.35. The summed E-state index contributed by atoms with van der Waals surface area (Å²) in [5, 5.41) is 9.31. The second-order valence-corrected chi connectivity index (χ2v) is 6.58. The van der Waals surface area contributed by atoms with Crippen molar-refractivity contribution in [2.75, 3.05) is 13.1 Å². The first-order valence-electron chi connectivity index (χ1n) is 8.60. The highest BCUT2D eigenvalue weighted by molar-refractivity contribution is 5.68. The van der Waals surface area contributed by atoms with Crippen LogP contribution in [0, 0.1) is 5.92 Å². The van der Waals surface area contributed by atoms with Crippen LogP contribution in [0.15, 0.2) is 54.9 Å². The number of pyridine rings is 1.